The van der Waals surface area contributed by atoms with Crippen LogP contribution in [0.1, 0.15) is 31.9 Å². The minimum atomic E-state index is -0.829. The van der Waals surface area contributed by atoms with Crippen LogP contribution in [0.15, 0.2) is 18.2 Å². The first kappa shape index (κ1) is 14.5. The number of benzene rings is 1. The van der Waals surface area contributed by atoms with Gasteiger partial charge in [-0.15, -0.1) is 0 Å². The van der Waals surface area contributed by atoms with Crippen molar-refractivity contribution in [2.45, 2.75) is 26.3 Å². The van der Waals surface area contributed by atoms with Crippen molar-refractivity contribution in [1.82, 2.24) is 0 Å². The molecule has 0 bridgehead atoms. The third kappa shape index (κ3) is 5.04. The Morgan fingerprint density at radius 1 is 1.24 bits per heavy atom. The van der Waals surface area contributed by atoms with Gasteiger partial charge in [0.2, 0.25) is 0 Å². The van der Waals surface area contributed by atoms with Crippen LogP contribution >= 0.6 is 11.8 Å². The molecule has 1 aromatic carbocycles. The molecule has 96 valence electrons. The molecule has 0 heterocycles. The summed E-state index contributed by atoms with van der Waals surface area (Å²) in [5.74, 6) is 0.813. The maximum absolute atomic E-state index is 13.0. The zero-order valence-corrected chi connectivity index (χ0v) is 11.1. The third-order valence-corrected chi connectivity index (χ3v) is 3.63. The van der Waals surface area contributed by atoms with Crippen LogP contribution in [-0.4, -0.2) is 11.5 Å². The van der Waals surface area contributed by atoms with Gasteiger partial charge in [0, 0.05) is 11.8 Å². The molecule has 0 aliphatic rings. The van der Waals surface area contributed by atoms with E-state index < -0.39 is 11.6 Å². The van der Waals surface area contributed by atoms with Gasteiger partial charge in [-0.05, 0) is 35.8 Å². The second-order valence-corrected chi connectivity index (χ2v) is 5.69. The summed E-state index contributed by atoms with van der Waals surface area (Å²) in [5.41, 5.74) is 6.57. The summed E-state index contributed by atoms with van der Waals surface area (Å²) in [4.78, 5) is 0. The summed E-state index contributed by atoms with van der Waals surface area (Å²) in [7, 11) is 0. The van der Waals surface area contributed by atoms with Crippen molar-refractivity contribution in [1.29, 1.82) is 0 Å². The average molecular weight is 259 g/mol. The number of hydrogen-bond acceptors (Lipinski definition) is 2. The number of nitrogens with two attached hydrogens (primary N) is 1. The van der Waals surface area contributed by atoms with Gasteiger partial charge in [0.05, 0.1) is 0 Å². The fourth-order valence-electron chi connectivity index (χ4n) is 1.37. The first-order valence-corrected chi connectivity index (χ1v) is 6.94. The predicted molar refractivity (Wildman–Crippen MR) is 70.1 cm³/mol. The van der Waals surface area contributed by atoms with Gasteiger partial charge in [0.25, 0.3) is 0 Å². The van der Waals surface area contributed by atoms with Gasteiger partial charge in [0.1, 0.15) is 0 Å². The van der Waals surface area contributed by atoms with Crippen LogP contribution in [0.25, 0.3) is 0 Å². The van der Waals surface area contributed by atoms with E-state index >= 15 is 0 Å². The Bertz CT molecular complexity index is 355. The largest absolute Gasteiger partial charge is 0.323 e. The van der Waals surface area contributed by atoms with Crippen molar-refractivity contribution in [2.75, 3.05) is 11.5 Å². The van der Waals surface area contributed by atoms with E-state index in [4.69, 9.17) is 5.73 Å². The molecular weight excluding hydrogens is 240 g/mol. The molecule has 0 amide bonds. The zero-order valence-electron chi connectivity index (χ0n) is 10.2. The standard InChI is InChI=1S/C13H19F2NS/c1-9(2)5-6-17-8-13(16)10-3-4-11(14)12(15)7-10/h3-4,7,9,13H,5-6,8,16H2,1-2H3. The van der Waals surface area contributed by atoms with E-state index in [1.165, 1.54) is 6.07 Å². The van der Waals surface area contributed by atoms with Gasteiger partial charge in [-0.3, -0.25) is 0 Å². The highest BCUT2D eigenvalue weighted by atomic mass is 32.2. The molecule has 1 nitrogen and oxygen atoms in total. The lowest BCUT2D eigenvalue weighted by Gasteiger charge is -2.12. The van der Waals surface area contributed by atoms with E-state index in [1.54, 1.807) is 17.8 Å². The summed E-state index contributed by atoms with van der Waals surface area (Å²) in [5, 5.41) is 0. The molecule has 0 aromatic heterocycles. The predicted octanol–water partition coefficient (Wildman–Crippen LogP) is 3.74. The first-order chi connectivity index (χ1) is 8.00. The van der Waals surface area contributed by atoms with E-state index in [2.05, 4.69) is 13.8 Å². The van der Waals surface area contributed by atoms with Crippen LogP contribution in [0.5, 0.6) is 0 Å². The Balaban J connectivity index is 2.41. The van der Waals surface area contributed by atoms with E-state index in [1.807, 2.05) is 0 Å². The average Bonchev–Trinajstić information content (AvgIpc) is 2.27. The zero-order chi connectivity index (χ0) is 12.8. The molecule has 0 fully saturated rings. The van der Waals surface area contributed by atoms with Crippen LogP contribution in [0, 0.1) is 17.6 Å². The van der Waals surface area contributed by atoms with Crippen molar-refractivity contribution in [3.8, 4) is 0 Å². The van der Waals surface area contributed by atoms with Gasteiger partial charge in [-0.1, -0.05) is 19.9 Å². The molecule has 1 atom stereocenters. The minimum absolute atomic E-state index is 0.234. The SMILES string of the molecule is CC(C)CCSCC(N)c1ccc(F)c(F)c1. The molecule has 1 rings (SSSR count). The van der Waals surface area contributed by atoms with Crippen molar-refractivity contribution in [3.63, 3.8) is 0 Å². The highest BCUT2D eigenvalue weighted by Gasteiger charge is 2.09. The van der Waals surface area contributed by atoms with E-state index in [-0.39, 0.29) is 6.04 Å². The Morgan fingerprint density at radius 3 is 2.53 bits per heavy atom. The van der Waals surface area contributed by atoms with Crippen LogP contribution in [0.4, 0.5) is 8.78 Å². The summed E-state index contributed by atoms with van der Waals surface area (Å²) in [6.07, 6.45) is 1.15. The molecule has 1 aromatic rings. The fourth-order valence-corrected chi connectivity index (χ4v) is 2.62. The van der Waals surface area contributed by atoms with E-state index in [0.717, 1.165) is 24.0 Å². The summed E-state index contributed by atoms with van der Waals surface area (Å²) >= 11 is 1.75. The van der Waals surface area contributed by atoms with E-state index in [0.29, 0.717) is 11.5 Å². The second-order valence-electron chi connectivity index (χ2n) is 4.54. The van der Waals surface area contributed by atoms with Gasteiger partial charge in [-0.25, -0.2) is 8.78 Å². The van der Waals surface area contributed by atoms with Gasteiger partial charge in [0.15, 0.2) is 11.6 Å². The molecule has 0 radical (unpaired) electrons. The number of halogens is 2. The number of thioether (sulfide) groups is 1. The van der Waals surface area contributed by atoms with E-state index in [9.17, 15) is 8.78 Å². The Hall–Kier alpha value is -0.610. The van der Waals surface area contributed by atoms with Crippen molar-refractivity contribution in [2.24, 2.45) is 11.7 Å². The van der Waals surface area contributed by atoms with Crippen LogP contribution in [-0.2, 0) is 0 Å². The Labute approximate surface area is 106 Å². The molecule has 0 saturated heterocycles. The Morgan fingerprint density at radius 2 is 1.94 bits per heavy atom. The molecule has 1 unspecified atom stereocenters. The van der Waals surface area contributed by atoms with Gasteiger partial charge < -0.3 is 5.73 Å². The molecular formula is C13H19F2NS. The number of rotatable bonds is 6. The van der Waals surface area contributed by atoms with Crippen LogP contribution in [0.2, 0.25) is 0 Å². The first-order valence-electron chi connectivity index (χ1n) is 5.79. The Kier molecular flexibility index (Phi) is 5.92. The minimum Gasteiger partial charge on any atom is -0.323 e. The lowest BCUT2D eigenvalue weighted by atomic mass is 10.1. The third-order valence-electron chi connectivity index (χ3n) is 2.51. The lowest BCUT2D eigenvalue weighted by molar-refractivity contribution is 0.506. The second kappa shape index (κ2) is 6.97. The van der Waals surface area contributed by atoms with Gasteiger partial charge >= 0.3 is 0 Å². The molecule has 4 heteroatoms. The molecule has 0 spiro atoms. The number of hydrogen-bond donors (Lipinski definition) is 1. The topological polar surface area (TPSA) is 26.0 Å². The van der Waals surface area contributed by atoms with Crippen LogP contribution < -0.4 is 5.73 Å². The highest BCUT2D eigenvalue weighted by Crippen LogP contribution is 2.19. The molecule has 17 heavy (non-hydrogen) atoms. The smallest absolute Gasteiger partial charge is 0.159 e. The summed E-state index contributed by atoms with van der Waals surface area (Å²) in [6.45, 7) is 4.35. The van der Waals surface area contributed by atoms with Crippen molar-refractivity contribution < 1.29 is 8.78 Å². The summed E-state index contributed by atoms with van der Waals surface area (Å²) in [6, 6.07) is 3.63. The molecule has 0 aliphatic heterocycles. The maximum Gasteiger partial charge on any atom is 0.159 e. The monoisotopic (exact) mass is 259 g/mol. The fraction of sp³-hybridized carbons (Fsp3) is 0.538. The van der Waals surface area contributed by atoms with Gasteiger partial charge in [-0.2, -0.15) is 11.8 Å². The lowest BCUT2D eigenvalue weighted by Crippen LogP contribution is -2.14. The van der Waals surface area contributed by atoms with Crippen molar-refractivity contribution >= 4 is 11.8 Å². The molecule has 0 aliphatic carbocycles. The van der Waals surface area contributed by atoms with Crippen LogP contribution in [0.3, 0.4) is 0 Å². The van der Waals surface area contributed by atoms with Crippen molar-refractivity contribution in [3.05, 3.63) is 35.4 Å². The highest BCUT2D eigenvalue weighted by molar-refractivity contribution is 7.99. The molecule has 0 saturated carbocycles. The molecule has 2 N–H and O–H groups in total. The summed E-state index contributed by atoms with van der Waals surface area (Å²) < 4.78 is 25.7. The maximum atomic E-state index is 13.0. The quantitative estimate of drug-likeness (QED) is 0.787. The normalized spacial score (nSPS) is 13.1.